The van der Waals surface area contributed by atoms with Crippen LogP contribution in [0, 0.1) is 0 Å². The number of carbonyl (C=O) groups excluding carboxylic acids is 2. The molecule has 2 aromatic carbocycles. The van der Waals surface area contributed by atoms with E-state index in [0.717, 1.165) is 0 Å². The van der Waals surface area contributed by atoms with Gasteiger partial charge in [-0.3, -0.25) is 9.59 Å². The van der Waals surface area contributed by atoms with E-state index in [1.807, 2.05) is 38.1 Å². The van der Waals surface area contributed by atoms with Crippen LogP contribution in [0.3, 0.4) is 0 Å². The molecule has 0 aliphatic heterocycles. The molecule has 6 heteroatoms. The number of nitrogens with zero attached hydrogens (tertiary/aromatic N) is 1. The minimum absolute atomic E-state index is 0.0692. The molecular formula is C20H25N3O3. The molecule has 0 saturated carbocycles. The third kappa shape index (κ3) is 5.81. The first kappa shape index (κ1) is 19.3. The van der Waals surface area contributed by atoms with Gasteiger partial charge in [-0.1, -0.05) is 12.1 Å². The van der Waals surface area contributed by atoms with Crippen molar-refractivity contribution < 1.29 is 14.3 Å². The first-order chi connectivity index (χ1) is 12.3. The first-order valence-electron chi connectivity index (χ1n) is 8.47. The smallest absolute Gasteiger partial charge is 0.253 e. The molecule has 0 saturated heterocycles. The van der Waals surface area contributed by atoms with Crippen molar-refractivity contribution >= 4 is 23.2 Å². The second kappa shape index (κ2) is 8.89. The van der Waals surface area contributed by atoms with Crippen molar-refractivity contribution in [2.45, 2.75) is 20.0 Å². The van der Waals surface area contributed by atoms with E-state index in [4.69, 9.17) is 4.74 Å². The number of benzene rings is 2. The quantitative estimate of drug-likeness (QED) is 0.800. The number of amides is 2. The van der Waals surface area contributed by atoms with Crippen LogP contribution in [-0.4, -0.2) is 43.5 Å². The summed E-state index contributed by atoms with van der Waals surface area (Å²) >= 11 is 0. The van der Waals surface area contributed by atoms with Gasteiger partial charge in [-0.05, 0) is 44.2 Å². The zero-order valence-electron chi connectivity index (χ0n) is 15.6. The maximum absolute atomic E-state index is 12.2. The summed E-state index contributed by atoms with van der Waals surface area (Å²) in [6.45, 7) is 3.99. The van der Waals surface area contributed by atoms with Crippen LogP contribution >= 0.6 is 0 Å². The lowest BCUT2D eigenvalue weighted by atomic mass is 10.2. The fraction of sp³-hybridized carbons (Fsp3) is 0.300. The Labute approximate surface area is 154 Å². The van der Waals surface area contributed by atoms with Gasteiger partial charge < -0.3 is 20.3 Å². The second-order valence-corrected chi connectivity index (χ2v) is 6.38. The van der Waals surface area contributed by atoms with Crippen LogP contribution in [0.1, 0.15) is 24.2 Å². The Kier molecular flexibility index (Phi) is 6.60. The SMILES string of the molecule is CC(C)Oc1cccc(NC(=O)CNc2cccc(C(=O)N(C)C)c2)c1. The maximum Gasteiger partial charge on any atom is 0.253 e. The van der Waals surface area contributed by atoms with Crippen molar-refractivity contribution in [2.75, 3.05) is 31.3 Å². The molecule has 2 N–H and O–H groups in total. The van der Waals surface area contributed by atoms with Gasteiger partial charge in [0.1, 0.15) is 5.75 Å². The fourth-order valence-electron chi connectivity index (χ4n) is 2.33. The molecule has 0 spiro atoms. The molecule has 2 rings (SSSR count). The average Bonchev–Trinajstić information content (AvgIpc) is 2.59. The third-order valence-corrected chi connectivity index (χ3v) is 3.46. The van der Waals surface area contributed by atoms with E-state index in [9.17, 15) is 9.59 Å². The van der Waals surface area contributed by atoms with Gasteiger partial charge >= 0.3 is 0 Å². The summed E-state index contributed by atoms with van der Waals surface area (Å²) in [6.07, 6.45) is 0.0692. The Bertz CT molecular complexity index is 772. The summed E-state index contributed by atoms with van der Waals surface area (Å²) in [5.41, 5.74) is 1.95. The topological polar surface area (TPSA) is 70.7 Å². The van der Waals surface area contributed by atoms with Crippen LogP contribution in [0.15, 0.2) is 48.5 Å². The van der Waals surface area contributed by atoms with E-state index < -0.39 is 0 Å². The van der Waals surface area contributed by atoms with Crippen LogP contribution in [0.4, 0.5) is 11.4 Å². The molecule has 138 valence electrons. The van der Waals surface area contributed by atoms with E-state index in [2.05, 4.69) is 10.6 Å². The maximum atomic E-state index is 12.2. The molecule has 0 unspecified atom stereocenters. The van der Waals surface area contributed by atoms with Crippen LogP contribution < -0.4 is 15.4 Å². The molecular weight excluding hydrogens is 330 g/mol. The van der Waals surface area contributed by atoms with Gasteiger partial charge in [-0.2, -0.15) is 0 Å². The molecule has 0 aliphatic rings. The number of carbonyl (C=O) groups is 2. The first-order valence-corrected chi connectivity index (χ1v) is 8.47. The number of rotatable bonds is 7. The lowest BCUT2D eigenvalue weighted by Gasteiger charge is -2.13. The second-order valence-electron chi connectivity index (χ2n) is 6.38. The highest BCUT2D eigenvalue weighted by Crippen LogP contribution is 2.18. The van der Waals surface area contributed by atoms with Gasteiger partial charge in [0.15, 0.2) is 0 Å². The molecule has 0 atom stereocenters. The van der Waals surface area contributed by atoms with Crippen LogP contribution in [-0.2, 0) is 4.79 Å². The summed E-state index contributed by atoms with van der Waals surface area (Å²) in [4.78, 5) is 25.7. The molecule has 26 heavy (non-hydrogen) atoms. The Morgan fingerprint density at radius 3 is 2.42 bits per heavy atom. The van der Waals surface area contributed by atoms with Crippen molar-refractivity contribution in [3.8, 4) is 5.75 Å². The monoisotopic (exact) mass is 355 g/mol. The van der Waals surface area contributed by atoms with E-state index in [-0.39, 0.29) is 24.5 Å². The normalized spacial score (nSPS) is 10.3. The van der Waals surface area contributed by atoms with E-state index >= 15 is 0 Å². The molecule has 0 heterocycles. The van der Waals surface area contributed by atoms with Crippen LogP contribution in [0.2, 0.25) is 0 Å². The number of anilines is 2. The Morgan fingerprint density at radius 1 is 1.04 bits per heavy atom. The van der Waals surface area contributed by atoms with Crippen LogP contribution in [0.5, 0.6) is 5.75 Å². The predicted molar refractivity (Wildman–Crippen MR) is 104 cm³/mol. The molecule has 2 aromatic rings. The minimum Gasteiger partial charge on any atom is -0.491 e. The molecule has 0 bridgehead atoms. The van der Waals surface area contributed by atoms with Crippen molar-refractivity contribution in [3.63, 3.8) is 0 Å². The van der Waals surface area contributed by atoms with Gasteiger partial charge in [0.25, 0.3) is 5.91 Å². The lowest BCUT2D eigenvalue weighted by Crippen LogP contribution is -2.23. The van der Waals surface area contributed by atoms with E-state index in [0.29, 0.717) is 22.7 Å². The summed E-state index contributed by atoms with van der Waals surface area (Å²) < 4.78 is 5.62. The largest absolute Gasteiger partial charge is 0.491 e. The Hall–Kier alpha value is -3.02. The average molecular weight is 355 g/mol. The number of hydrogen-bond donors (Lipinski definition) is 2. The third-order valence-electron chi connectivity index (χ3n) is 3.46. The van der Waals surface area contributed by atoms with Gasteiger partial charge in [-0.25, -0.2) is 0 Å². The Balaban J connectivity index is 1.93. The number of hydrogen-bond acceptors (Lipinski definition) is 4. The number of ether oxygens (including phenoxy) is 1. The number of nitrogens with one attached hydrogen (secondary N) is 2. The minimum atomic E-state index is -0.184. The van der Waals surface area contributed by atoms with Gasteiger partial charge in [0.2, 0.25) is 5.91 Å². The van der Waals surface area contributed by atoms with Gasteiger partial charge in [0, 0.05) is 37.1 Å². The fourth-order valence-corrected chi connectivity index (χ4v) is 2.33. The standard InChI is InChI=1S/C20H25N3O3/c1-14(2)26-18-10-6-9-17(12-18)22-19(24)13-21-16-8-5-7-15(11-16)20(25)23(3)4/h5-12,14,21H,13H2,1-4H3,(H,22,24). The van der Waals surface area contributed by atoms with E-state index in [1.165, 1.54) is 4.90 Å². The molecule has 0 radical (unpaired) electrons. The zero-order chi connectivity index (χ0) is 19.1. The van der Waals surface area contributed by atoms with Crippen molar-refractivity contribution in [2.24, 2.45) is 0 Å². The molecule has 0 fully saturated rings. The molecule has 0 aliphatic carbocycles. The summed E-state index contributed by atoms with van der Waals surface area (Å²) in [7, 11) is 3.40. The van der Waals surface area contributed by atoms with Crippen molar-refractivity contribution in [1.82, 2.24) is 4.90 Å². The van der Waals surface area contributed by atoms with Crippen molar-refractivity contribution in [1.29, 1.82) is 0 Å². The summed E-state index contributed by atoms with van der Waals surface area (Å²) in [5.74, 6) is 0.441. The van der Waals surface area contributed by atoms with Gasteiger partial charge in [-0.15, -0.1) is 0 Å². The van der Waals surface area contributed by atoms with E-state index in [1.54, 1.807) is 38.4 Å². The predicted octanol–water partition coefficient (Wildman–Crippen LogP) is 3.23. The highest BCUT2D eigenvalue weighted by atomic mass is 16.5. The van der Waals surface area contributed by atoms with Gasteiger partial charge in [0.05, 0.1) is 12.6 Å². The summed E-state index contributed by atoms with van der Waals surface area (Å²) in [5, 5.41) is 5.86. The lowest BCUT2D eigenvalue weighted by molar-refractivity contribution is -0.114. The zero-order valence-corrected chi connectivity index (χ0v) is 15.6. The van der Waals surface area contributed by atoms with Crippen LogP contribution in [0.25, 0.3) is 0 Å². The molecule has 6 nitrogen and oxygen atoms in total. The Morgan fingerprint density at radius 2 is 1.73 bits per heavy atom. The molecule has 2 amide bonds. The highest BCUT2D eigenvalue weighted by molar-refractivity contribution is 5.96. The van der Waals surface area contributed by atoms with Crippen molar-refractivity contribution in [3.05, 3.63) is 54.1 Å². The summed E-state index contributed by atoms with van der Waals surface area (Å²) in [6, 6.07) is 14.3. The highest BCUT2D eigenvalue weighted by Gasteiger charge is 2.09. The molecule has 0 aromatic heterocycles.